The maximum atomic E-state index is 6.23. The van der Waals surface area contributed by atoms with Crippen molar-refractivity contribution in [3.8, 4) is 0 Å². The number of nitrogens with zero attached hydrogens (tertiary/aromatic N) is 1. The molecule has 2 aromatic rings. The molecule has 0 fully saturated rings. The third-order valence-electron chi connectivity index (χ3n) is 2.89. The molecule has 1 N–H and O–H groups in total. The van der Waals surface area contributed by atoms with Crippen LogP contribution < -0.4 is 5.32 Å². The van der Waals surface area contributed by atoms with Crippen molar-refractivity contribution in [3.63, 3.8) is 0 Å². The van der Waals surface area contributed by atoms with Gasteiger partial charge < -0.3 is 9.88 Å². The van der Waals surface area contributed by atoms with Gasteiger partial charge in [0.2, 0.25) is 0 Å². The molecule has 2 rings (SSSR count). The van der Waals surface area contributed by atoms with Gasteiger partial charge in [0, 0.05) is 41.0 Å². The minimum Gasteiger partial charge on any atom is -0.350 e. The third kappa shape index (κ3) is 4.37. The van der Waals surface area contributed by atoms with E-state index in [1.807, 2.05) is 12.1 Å². The minimum absolute atomic E-state index is 0.504. The van der Waals surface area contributed by atoms with Crippen LogP contribution in [0.4, 0.5) is 0 Å². The average molecular weight is 342 g/mol. The zero-order valence-corrected chi connectivity index (χ0v) is 13.5. The van der Waals surface area contributed by atoms with Crippen molar-refractivity contribution >= 4 is 27.5 Å². The first kappa shape index (κ1) is 14.6. The van der Waals surface area contributed by atoms with Crippen molar-refractivity contribution in [2.24, 2.45) is 0 Å². The molecule has 0 amide bonds. The van der Waals surface area contributed by atoms with Gasteiger partial charge >= 0.3 is 0 Å². The summed E-state index contributed by atoms with van der Waals surface area (Å²) in [6.45, 7) is 6.00. The molecule has 0 unspecified atom stereocenters. The van der Waals surface area contributed by atoms with E-state index in [9.17, 15) is 0 Å². The number of aromatic nitrogens is 1. The number of benzene rings is 1. The summed E-state index contributed by atoms with van der Waals surface area (Å²) in [6, 6.07) is 8.65. The zero-order chi connectivity index (χ0) is 13.8. The van der Waals surface area contributed by atoms with Crippen LogP contribution in [-0.2, 0) is 13.1 Å². The van der Waals surface area contributed by atoms with Gasteiger partial charge in [-0.05, 0) is 29.3 Å². The van der Waals surface area contributed by atoms with E-state index >= 15 is 0 Å². The lowest BCUT2D eigenvalue weighted by molar-refractivity contribution is 0.588. The highest BCUT2D eigenvalue weighted by atomic mass is 79.9. The van der Waals surface area contributed by atoms with Crippen LogP contribution in [0.2, 0.25) is 5.02 Å². The van der Waals surface area contributed by atoms with Crippen molar-refractivity contribution in [2.45, 2.75) is 33.0 Å². The van der Waals surface area contributed by atoms with E-state index < -0.39 is 0 Å². The molecule has 0 spiro atoms. The van der Waals surface area contributed by atoms with Gasteiger partial charge in [0.1, 0.15) is 0 Å². The molecule has 0 saturated carbocycles. The van der Waals surface area contributed by atoms with Gasteiger partial charge in [-0.25, -0.2) is 0 Å². The summed E-state index contributed by atoms with van der Waals surface area (Å²) >= 11 is 9.65. The highest BCUT2D eigenvalue weighted by Crippen LogP contribution is 2.22. The molecule has 1 aromatic heterocycles. The fourth-order valence-electron chi connectivity index (χ4n) is 1.86. The summed E-state index contributed by atoms with van der Waals surface area (Å²) < 4.78 is 3.17. The van der Waals surface area contributed by atoms with Gasteiger partial charge in [-0.1, -0.05) is 47.4 Å². The predicted molar refractivity (Wildman–Crippen MR) is 84.7 cm³/mol. The lowest BCUT2D eigenvalue weighted by Gasteiger charge is -2.07. The third-order valence-corrected chi connectivity index (χ3v) is 3.74. The van der Waals surface area contributed by atoms with Crippen LogP contribution in [0, 0.1) is 0 Å². The quantitative estimate of drug-likeness (QED) is 0.850. The van der Waals surface area contributed by atoms with Gasteiger partial charge in [-0.2, -0.15) is 0 Å². The Bertz CT molecular complexity index is 549. The summed E-state index contributed by atoms with van der Waals surface area (Å²) in [7, 11) is 0. The number of rotatable bonds is 5. The molecule has 2 nitrogen and oxygen atoms in total. The van der Waals surface area contributed by atoms with E-state index in [0.717, 1.165) is 28.1 Å². The van der Waals surface area contributed by atoms with E-state index in [2.05, 4.69) is 64.2 Å². The van der Waals surface area contributed by atoms with Crippen LogP contribution in [0.1, 0.15) is 25.0 Å². The van der Waals surface area contributed by atoms with Crippen LogP contribution in [0.25, 0.3) is 0 Å². The fraction of sp³-hybridized carbons (Fsp3) is 0.333. The van der Waals surface area contributed by atoms with Crippen molar-refractivity contribution in [1.29, 1.82) is 0 Å². The van der Waals surface area contributed by atoms with Crippen molar-refractivity contribution < 1.29 is 0 Å². The highest BCUT2D eigenvalue weighted by molar-refractivity contribution is 9.10. The molecule has 0 radical (unpaired) electrons. The minimum atomic E-state index is 0.504. The predicted octanol–water partition coefficient (Wildman–Crippen LogP) is 4.45. The summed E-state index contributed by atoms with van der Waals surface area (Å²) in [5.74, 6) is 0. The van der Waals surface area contributed by atoms with Crippen LogP contribution in [0.5, 0.6) is 0 Å². The molecule has 19 heavy (non-hydrogen) atoms. The lowest BCUT2D eigenvalue weighted by atomic mass is 10.2. The normalized spacial score (nSPS) is 11.2. The SMILES string of the molecule is CC(C)NCc1ccn(Cc2ccc(Br)cc2Cl)c1. The molecule has 0 aliphatic heterocycles. The Kier molecular flexibility index (Phi) is 5.08. The molecular weight excluding hydrogens is 324 g/mol. The van der Waals surface area contributed by atoms with Crippen LogP contribution in [-0.4, -0.2) is 10.6 Å². The van der Waals surface area contributed by atoms with Gasteiger partial charge in [0.25, 0.3) is 0 Å². The molecule has 0 aliphatic rings. The smallest absolute Gasteiger partial charge is 0.0485 e. The van der Waals surface area contributed by atoms with E-state index in [0.29, 0.717) is 6.04 Å². The van der Waals surface area contributed by atoms with E-state index in [1.54, 1.807) is 0 Å². The van der Waals surface area contributed by atoms with E-state index in [4.69, 9.17) is 11.6 Å². The van der Waals surface area contributed by atoms with Gasteiger partial charge in [-0.15, -0.1) is 0 Å². The molecule has 1 aromatic carbocycles. The summed E-state index contributed by atoms with van der Waals surface area (Å²) in [6.07, 6.45) is 4.25. The average Bonchev–Trinajstić information content (AvgIpc) is 2.78. The maximum Gasteiger partial charge on any atom is 0.0485 e. The summed E-state index contributed by atoms with van der Waals surface area (Å²) in [5.41, 5.74) is 2.42. The van der Waals surface area contributed by atoms with Gasteiger partial charge in [0.05, 0.1) is 0 Å². The fourth-order valence-corrected chi connectivity index (χ4v) is 2.60. The van der Waals surface area contributed by atoms with Gasteiger partial charge in [0.15, 0.2) is 0 Å². The second kappa shape index (κ2) is 6.60. The number of hydrogen-bond donors (Lipinski definition) is 1. The number of halogens is 2. The monoisotopic (exact) mass is 340 g/mol. The first-order chi connectivity index (χ1) is 9.04. The Labute approximate surface area is 127 Å². The molecule has 0 saturated heterocycles. The number of hydrogen-bond acceptors (Lipinski definition) is 1. The van der Waals surface area contributed by atoms with Crippen LogP contribution in [0.3, 0.4) is 0 Å². The highest BCUT2D eigenvalue weighted by Gasteiger charge is 2.03. The molecule has 0 bridgehead atoms. The molecular formula is C15H18BrClN2. The Morgan fingerprint density at radius 1 is 1.32 bits per heavy atom. The lowest BCUT2D eigenvalue weighted by Crippen LogP contribution is -2.21. The largest absolute Gasteiger partial charge is 0.350 e. The standard InChI is InChI=1S/C15H18BrClN2/c1-11(2)18-8-12-5-6-19(9-12)10-13-3-4-14(16)7-15(13)17/h3-7,9,11,18H,8,10H2,1-2H3. The first-order valence-electron chi connectivity index (χ1n) is 6.36. The zero-order valence-electron chi connectivity index (χ0n) is 11.2. The Hall–Kier alpha value is -0.770. The Morgan fingerprint density at radius 3 is 2.79 bits per heavy atom. The molecule has 0 atom stereocenters. The summed E-state index contributed by atoms with van der Waals surface area (Å²) in [4.78, 5) is 0. The molecule has 4 heteroatoms. The second-order valence-corrected chi connectivity index (χ2v) is 6.29. The van der Waals surface area contributed by atoms with Gasteiger partial charge in [-0.3, -0.25) is 0 Å². The van der Waals surface area contributed by atoms with Crippen molar-refractivity contribution in [1.82, 2.24) is 9.88 Å². The van der Waals surface area contributed by atoms with E-state index in [1.165, 1.54) is 5.56 Å². The van der Waals surface area contributed by atoms with E-state index in [-0.39, 0.29) is 0 Å². The Balaban J connectivity index is 2.03. The number of nitrogens with one attached hydrogen (secondary N) is 1. The van der Waals surface area contributed by atoms with Crippen molar-refractivity contribution in [2.75, 3.05) is 0 Å². The van der Waals surface area contributed by atoms with Crippen molar-refractivity contribution in [3.05, 3.63) is 57.3 Å². The maximum absolute atomic E-state index is 6.23. The molecule has 0 aliphatic carbocycles. The second-order valence-electron chi connectivity index (χ2n) is 4.96. The first-order valence-corrected chi connectivity index (χ1v) is 7.53. The Morgan fingerprint density at radius 2 is 2.11 bits per heavy atom. The molecule has 102 valence electrons. The summed E-state index contributed by atoms with van der Waals surface area (Å²) in [5, 5.41) is 4.21. The molecule has 1 heterocycles. The van der Waals surface area contributed by atoms with Crippen LogP contribution in [0.15, 0.2) is 41.1 Å². The van der Waals surface area contributed by atoms with Crippen LogP contribution >= 0.6 is 27.5 Å². The topological polar surface area (TPSA) is 17.0 Å².